The molecule has 24 heavy (non-hydrogen) atoms. The number of rotatable bonds is 2. The molecule has 1 aliphatic carbocycles. The average molecular weight is 329 g/mol. The number of hydrogen-bond acceptors (Lipinski definition) is 4. The number of nitrogens with zero attached hydrogens (tertiary/aromatic N) is 2. The van der Waals surface area contributed by atoms with Gasteiger partial charge in [-0.2, -0.15) is 0 Å². The monoisotopic (exact) mass is 329 g/mol. The first-order valence-electron chi connectivity index (χ1n) is 9.30. The molecule has 1 aromatic carbocycles. The summed E-state index contributed by atoms with van der Waals surface area (Å²) < 4.78 is 0. The van der Waals surface area contributed by atoms with Crippen LogP contribution in [0.1, 0.15) is 32.1 Å². The first kappa shape index (κ1) is 15.8. The van der Waals surface area contributed by atoms with Gasteiger partial charge in [0.15, 0.2) is 0 Å². The van der Waals surface area contributed by atoms with Crippen LogP contribution >= 0.6 is 0 Å². The van der Waals surface area contributed by atoms with E-state index in [2.05, 4.69) is 10.2 Å². The highest BCUT2D eigenvalue weighted by Gasteiger charge is 2.40. The van der Waals surface area contributed by atoms with Crippen LogP contribution in [0.4, 0.5) is 5.69 Å². The molecule has 0 aromatic heterocycles. The van der Waals surface area contributed by atoms with Crippen molar-refractivity contribution in [2.45, 2.75) is 44.2 Å². The van der Waals surface area contributed by atoms with Gasteiger partial charge in [0, 0.05) is 32.2 Å². The molecule has 5 heteroatoms. The van der Waals surface area contributed by atoms with Gasteiger partial charge < -0.3 is 20.2 Å². The molecule has 1 aromatic rings. The first-order chi connectivity index (χ1) is 11.7. The van der Waals surface area contributed by atoms with Crippen molar-refractivity contribution in [3.63, 3.8) is 0 Å². The Balaban J connectivity index is 1.34. The highest BCUT2D eigenvalue weighted by atomic mass is 16.3. The second-order valence-electron chi connectivity index (χ2n) is 7.41. The quantitative estimate of drug-likeness (QED) is 0.871. The normalized spacial score (nSPS) is 30.2. The van der Waals surface area contributed by atoms with Gasteiger partial charge in [0.2, 0.25) is 5.91 Å². The summed E-state index contributed by atoms with van der Waals surface area (Å²) >= 11 is 0. The number of phenols is 1. The fraction of sp³-hybridized carbons (Fsp3) is 0.632. The number of phenolic OH excluding ortho intramolecular Hbond substituents is 1. The maximum absolute atomic E-state index is 12.8. The minimum Gasteiger partial charge on any atom is -0.506 e. The molecule has 3 aliphatic rings. The van der Waals surface area contributed by atoms with E-state index in [0.29, 0.717) is 17.7 Å². The molecule has 2 saturated heterocycles. The summed E-state index contributed by atoms with van der Waals surface area (Å²) in [5.41, 5.74) is 0.870. The third kappa shape index (κ3) is 2.97. The average Bonchev–Trinajstić information content (AvgIpc) is 3.06. The van der Waals surface area contributed by atoms with Crippen molar-refractivity contribution in [1.29, 1.82) is 0 Å². The van der Waals surface area contributed by atoms with E-state index in [1.54, 1.807) is 6.07 Å². The SMILES string of the molecule is O=C(C1CC2CCCCC2N1)N1CCN(c2ccccc2O)CC1. The number of nitrogens with one attached hydrogen (secondary N) is 1. The van der Waals surface area contributed by atoms with E-state index in [4.69, 9.17) is 0 Å². The van der Waals surface area contributed by atoms with Crippen molar-refractivity contribution >= 4 is 11.6 Å². The van der Waals surface area contributed by atoms with Crippen LogP contribution in [0.3, 0.4) is 0 Å². The second kappa shape index (κ2) is 6.63. The maximum atomic E-state index is 12.8. The number of piperazine rings is 1. The topological polar surface area (TPSA) is 55.8 Å². The predicted octanol–water partition coefficient (Wildman–Crippen LogP) is 1.96. The van der Waals surface area contributed by atoms with Crippen LogP contribution in [0.15, 0.2) is 24.3 Å². The fourth-order valence-corrected chi connectivity index (χ4v) is 4.63. The smallest absolute Gasteiger partial charge is 0.239 e. The van der Waals surface area contributed by atoms with E-state index in [0.717, 1.165) is 38.3 Å². The summed E-state index contributed by atoms with van der Waals surface area (Å²) in [5.74, 6) is 1.30. The van der Waals surface area contributed by atoms with Crippen molar-refractivity contribution in [1.82, 2.24) is 10.2 Å². The summed E-state index contributed by atoms with van der Waals surface area (Å²) in [6.07, 6.45) is 6.15. The first-order valence-corrected chi connectivity index (χ1v) is 9.30. The van der Waals surface area contributed by atoms with Gasteiger partial charge >= 0.3 is 0 Å². The van der Waals surface area contributed by atoms with Crippen molar-refractivity contribution in [2.75, 3.05) is 31.1 Å². The molecule has 2 aliphatic heterocycles. The van der Waals surface area contributed by atoms with Gasteiger partial charge in [0.25, 0.3) is 0 Å². The highest BCUT2D eigenvalue weighted by Crippen LogP contribution is 2.34. The standard InChI is InChI=1S/C19H27N3O2/c23-18-8-4-3-7-17(18)21-9-11-22(12-10-21)19(24)16-13-14-5-1-2-6-15(14)20-16/h3-4,7-8,14-16,20,23H,1-2,5-6,9-13H2. The van der Waals surface area contributed by atoms with Crippen LogP contribution in [0, 0.1) is 5.92 Å². The zero-order valence-corrected chi connectivity index (χ0v) is 14.2. The van der Waals surface area contributed by atoms with Gasteiger partial charge in [-0.3, -0.25) is 4.79 Å². The lowest BCUT2D eigenvalue weighted by Gasteiger charge is -2.37. The van der Waals surface area contributed by atoms with E-state index in [-0.39, 0.29) is 11.9 Å². The van der Waals surface area contributed by atoms with E-state index in [9.17, 15) is 9.90 Å². The van der Waals surface area contributed by atoms with E-state index < -0.39 is 0 Å². The Morgan fingerprint density at radius 1 is 1.08 bits per heavy atom. The lowest BCUT2D eigenvalue weighted by molar-refractivity contribution is -0.133. The second-order valence-corrected chi connectivity index (χ2v) is 7.41. The Labute approximate surface area is 143 Å². The van der Waals surface area contributed by atoms with Gasteiger partial charge in [-0.15, -0.1) is 0 Å². The Morgan fingerprint density at radius 3 is 2.58 bits per heavy atom. The lowest BCUT2D eigenvalue weighted by Crippen LogP contribution is -2.53. The number of para-hydroxylation sites is 2. The largest absolute Gasteiger partial charge is 0.506 e. The van der Waals surface area contributed by atoms with Crippen LogP contribution in [0.5, 0.6) is 5.75 Å². The number of fused-ring (bicyclic) bond motifs is 1. The van der Waals surface area contributed by atoms with Gasteiger partial charge in [-0.25, -0.2) is 0 Å². The van der Waals surface area contributed by atoms with Crippen molar-refractivity contribution in [3.05, 3.63) is 24.3 Å². The minimum absolute atomic E-state index is 0.0229. The third-order valence-electron chi connectivity index (χ3n) is 5.97. The molecule has 1 amide bonds. The molecule has 3 atom stereocenters. The molecule has 4 rings (SSSR count). The number of amides is 1. The molecule has 5 nitrogen and oxygen atoms in total. The summed E-state index contributed by atoms with van der Waals surface area (Å²) in [6, 6.07) is 8.03. The number of benzene rings is 1. The molecule has 0 spiro atoms. The number of aromatic hydroxyl groups is 1. The predicted molar refractivity (Wildman–Crippen MR) is 94.2 cm³/mol. The van der Waals surface area contributed by atoms with Gasteiger partial charge in [0.1, 0.15) is 5.75 Å². The van der Waals surface area contributed by atoms with Crippen LogP contribution in [-0.4, -0.2) is 54.2 Å². The van der Waals surface area contributed by atoms with Crippen LogP contribution < -0.4 is 10.2 Å². The summed E-state index contributed by atoms with van der Waals surface area (Å²) in [5, 5.41) is 13.6. The molecule has 0 bridgehead atoms. The van der Waals surface area contributed by atoms with E-state index in [1.165, 1.54) is 25.7 Å². The molecule has 3 fully saturated rings. The highest BCUT2D eigenvalue weighted by molar-refractivity contribution is 5.82. The Bertz CT molecular complexity index is 584. The number of anilines is 1. The molecule has 130 valence electrons. The van der Waals surface area contributed by atoms with Crippen LogP contribution in [0.25, 0.3) is 0 Å². The van der Waals surface area contributed by atoms with Crippen molar-refractivity contribution in [2.24, 2.45) is 5.92 Å². The van der Waals surface area contributed by atoms with Gasteiger partial charge in [-0.05, 0) is 37.3 Å². The number of hydrogen-bond donors (Lipinski definition) is 2. The molecule has 2 N–H and O–H groups in total. The zero-order chi connectivity index (χ0) is 16.5. The number of carbonyl (C=O) groups excluding carboxylic acids is 1. The Kier molecular flexibility index (Phi) is 4.35. The third-order valence-corrected chi connectivity index (χ3v) is 5.97. The minimum atomic E-state index is 0.0229. The molecule has 0 radical (unpaired) electrons. The fourth-order valence-electron chi connectivity index (χ4n) is 4.63. The molecular weight excluding hydrogens is 302 g/mol. The van der Waals surface area contributed by atoms with Crippen LogP contribution in [-0.2, 0) is 4.79 Å². The van der Waals surface area contributed by atoms with Gasteiger partial charge in [-0.1, -0.05) is 25.0 Å². The molecular formula is C19H27N3O2. The zero-order valence-electron chi connectivity index (χ0n) is 14.2. The van der Waals surface area contributed by atoms with E-state index in [1.807, 2.05) is 23.1 Å². The maximum Gasteiger partial charge on any atom is 0.239 e. The van der Waals surface area contributed by atoms with Crippen molar-refractivity contribution in [3.8, 4) is 5.75 Å². The summed E-state index contributed by atoms with van der Waals surface area (Å²) in [6.45, 7) is 3.03. The summed E-state index contributed by atoms with van der Waals surface area (Å²) in [4.78, 5) is 17.0. The lowest BCUT2D eigenvalue weighted by atomic mass is 9.85. The Morgan fingerprint density at radius 2 is 1.83 bits per heavy atom. The summed E-state index contributed by atoms with van der Waals surface area (Å²) in [7, 11) is 0. The molecule has 3 unspecified atom stereocenters. The Hall–Kier alpha value is -1.75. The van der Waals surface area contributed by atoms with E-state index >= 15 is 0 Å². The van der Waals surface area contributed by atoms with Crippen LogP contribution in [0.2, 0.25) is 0 Å². The molecule has 2 heterocycles. The number of carbonyl (C=O) groups is 1. The van der Waals surface area contributed by atoms with Gasteiger partial charge in [0.05, 0.1) is 11.7 Å². The molecule has 1 saturated carbocycles. The van der Waals surface area contributed by atoms with Crippen molar-refractivity contribution < 1.29 is 9.90 Å².